The molecule has 2 aromatic heterocycles. The molecule has 3 aliphatic rings. The number of thiophene rings is 2. The number of imide groups is 1. The van der Waals surface area contributed by atoms with E-state index in [4.69, 9.17) is 4.74 Å². The van der Waals surface area contributed by atoms with Gasteiger partial charge in [-0.3, -0.25) is 14.4 Å². The number of hydrogen-bond donors (Lipinski definition) is 0. The second-order valence-electron chi connectivity index (χ2n) is 9.14. The van der Waals surface area contributed by atoms with E-state index in [1.807, 2.05) is 53.7 Å². The van der Waals surface area contributed by atoms with E-state index in [0.29, 0.717) is 10.4 Å². The number of carbonyl (C=O) groups is 4. The number of anilines is 1. The highest BCUT2D eigenvalue weighted by Crippen LogP contribution is 2.55. The van der Waals surface area contributed by atoms with Crippen molar-refractivity contribution in [3.8, 4) is 0 Å². The van der Waals surface area contributed by atoms with Crippen LogP contribution >= 0.6 is 22.7 Å². The van der Waals surface area contributed by atoms with Crippen molar-refractivity contribution in [3.63, 3.8) is 0 Å². The van der Waals surface area contributed by atoms with Gasteiger partial charge in [0, 0.05) is 11.1 Å². The molecule has 0 unspecified atom stereocenters. The van der Waals surface area contributed by atoms with E-state index in [9.17, 15) is 19.2 Å². The van der Waals surface area contributed by atoms with Crippen molar-refractivity contribution < 1.29 is 23.9 Å². The van der Waals surface area contributed by atoms with Crippen molar-refractivity contribution in [2.45, 2.75) is 25.9 Å². The minimum atomic E-state index is -0.874. The molecule has 3 aliphatic heterocycles. The van der Waals surface area contributed by atoms with Crippen LogP contribution in [0.2, 0.25) is 0 Å². The number of ether oxygens (including phenoxy) is 1. The zero-order valence-corrected chi connectivity index (χ0v) is 21.4. The molecule has 4 atom stereocenters. The summed E-state index contributed by atoms with van der Waals surface area (Å²) in [6.45, 7) is 3.62. The van der Waals surface area contributed by atoms with Gasteiger partial charge < -0.3 is 9.64 Å². The van der Waals surface area contributed by atoms with Crippen molar-refractivity contribution in [2.24, 2.45) is 11.8 Å². The SMILES string of the molecule is COC(=O)c1c(N2C(=O)[C@@H]3[C@H](C2=O)[C@@H]2c4ccccc4C=CN2[C@@H]3C(=O)c2cccs2)sc(C)c1C. The number of methoxy groups -OCH3 is 1. The Labute approximate surface area is 215 Å². The van der Waals surface area contributed by atoms with Crippen LogP contribution in [-0.2, 0) is 14.3 Å². The van der Waals surface area contributed by atoms with E-state index in [0.717, 1.165) is 20.9 Å². The average Bonchev–Trinajstić information content (AvgIpc) is 3.64. The van der Waals surface area contributed by atoms with Gasteiger partial charge in [0.15, 0.2) is 5.78 Å². The molecule has 2 saturated heterocycles. The van der Waals surface area contributed by atoms with Crippen LogP contribution in [0.5, 0.6) is 0 Å². The van der Waals surface area contributed by atoms with Crippen LogP contribution in [0, 0.1) is 25.7 Å². The van der Waals surface area contributed by atoms with E-state index in [2.05, 4.69) is 0 Å². The van der Waals surface area contributed by atoms with Crippen molar-refractivity contribution in [1.82, 2.24) is 4.90 Å². The summed E-state index contributed by atoms with van der Waals surface area (Å²) in [7, 11) is 1.28. The number of benzene rings is 1. The summed E-state index contributed by atoms with van der Waals surface area (Å²) in [5, 5.41) is 2.10. The summed E-state index contributed by atoms with van der Waals surface area (Å²) >= 11 is 2.55. The fourth-order valence-corrected chi connectivity index (χ4v) is 7.58. The first-order chi connectivity index (χ1) is 17.3. The Morgan fingerprint density at radius 2 is 1.75 bits per heavy atom. The normalized spacial score (nSPS) is 24.1. The third-order valence-corrected chi connectivity index (χ3v) is 9.53. The molecule has 7 nitrogen and oxygen atoms in total. The van der Waals surface area contributed by atoms with E-state index < -0.39 is 41.7 Å². The predicted molar refractivity (Wildman–Crippen MR) is 137 cm³/mol. The van der Waals surface area contributed by atoms with Crippen LogP contribution in [0.1, 0.15) is 47.6 Å². The molecule has 182 valence electrons. The number of fused-ring (bicyclic) bond motifs is 5. The second-order valence-corrected chi connectivity index (χ2v) is 11.3. The Balaban J connectivity index is 1.52. The van der Waals surface area contributed by atoms with Crippen molar-refractivity contribution in [2.75, 3.05) is 12.0 Å². The number of ketones is 1. The van der Waals surface area contributed by atoms with E-state index in [-0.39, 0.29) is 16.3 Å². The van der Waals surface area contributed by atoms with E-state index >= 15 is 0 Å². The van der Waals surface area contributed by atoms with Gasteiger partial charge in [-0.05, 0) is 48.1 Å². The predicted octanol–water partition coefficient (Wildman–Crippen LogP) is 4.61. The molecule has 0 saturated carbocycles. The number of Topliss-reactive ketones (excluding diaryl/α,β-unsaturated/α-hetero) is 1. The Bertz CT molecular complexity index is 1470. The first-order valence-corrected chi connectivity index (χ1v) is 13.2. The maximum atomic E-state index is 14.1. The lowest BCUT2D eigenvalue weighted by Gasteiger charge is -2.35. The Kier molecular flexibility index (Phi) is 5.24. The molecule has 0 bridgehead atoms. The number of aryl methyl sites for hydroxylation is 1. The monoisotopic (exact) mass is 518 g/mol. The molecule has 2 fully saturated rings. The molecule has 6 rings (SSSR count). The molecule has 0 spiro atoms. The first kappa shape index (κ1) is 22.9. The molecule has 0 radical (unpaired) electrons. The van der Waals surface area contributed by atoms with Crippen LogP contribution in [0.25, 0.3) is 6.08 Å². The topological polar surface area (TPSA) is 84.0 Å². The molecule has 0 N–H and O–H groups in total. The summed E-state index contributed by atoms with van der Waals surface area (Å²) in [6, 6.07) is 10.0. The lowest BCUT2D eigenvalue weighted by molar-refractivity contribution is -0.123. The Morgan fingerprint density at radius 1 is 1.00 bits per heavy atom. The van der Waals surface area contributed by atoms with Crippen LogP contribution in [0.15, 0.2) is 48.0 Å². The van der Waals surface area contributed by atoms with E-state index in [1.54, 1.807) is 19.1 Å². The maximum absolute atomic E-state index is 14.1. The maximum Gasteiger partial charge on any atom is 0.341 e. The number of esters is 1. The number of carbonyl (C=O) groups excluding carboxylic acids is 4. The summed E-state index contributed by atoms with van der Waals surface area (Å²) in [6.07, 6.45) is 3.77. The molecule has 36 heavy (non-hydrogen) atoms. The van der Waals surface area contributed by atoms with Gasteiger partial charge in [0.05, 0.1) is 35.4 Å². The number of rotatable bonds is 4. The molecular weight excluding hydrogens is 496 g/mol. The molecule has 0 aliphatic carbocycles. The summed E-state index contributed by atoms with van der Waals surface area (Å²) in [4.78, 5) is 59.0. The van der Waals surface area contributed by atoms with Gasteiger partial charge in [-0.2, -0.15) is 0 Å². The van der Waals surface area contributed by atoms with Crippen LogP contribution < -0.4 is 4.90 Å². The Morgan fingerprint density at radius 3 is 2.47 bits per heavy atom. The number of nitrogens with zero attached hydrogens (tertiary/aromatic N) is 2. The minimum absolute atomic E-state index is 0.179. The van der Waals surface area contributed by atoms with Gasteiger partial charge >= 0.3 is 5.97 Å². The van der Waals surface area contributed by atoms with Crippen LogP contribution in [0.3, 0.4) is 0 Å². The minimum Gasteiger partial charge on any atom is -0.465 e. The highest BCUT2D eigenvalue weighted by Gasteiger charge is 2.65. The summed E-state index contributed by atoms with van der Waals surface area (Å²) in [5.41, 5.74) is 2.77. The smallest absolute Gasteiger partial charge is 0.341 e. The van der Waals surface area contributed by atoms with Crippen molar-refractivity contribution in [3.05, 3.63) is 80.0 Å². The third kappa shape index (κ3) is 3.02. The van der Waals surface area contributed by atoms with Gasteiger partial charge in [-0.1, -0.05) is 30.3 Å². The quantitative estimate of drug-likeness (QED) is 0.285. The zero-order chi connectivity index (χ0) is 25.3. The fraction of sp³-hybridized carbons (Fsp3) is 0.259. The average molecular weight is 519 g/mol. The molecule has 2 amide bonds. The molecule has 3 aromatic rings. The largest absolute Gasteiger partial charge is 0.465 e. The fourth-order valence-electron chi connectivity index (χ4n) is 5.73. The van der Waals surface area contributed by atoms with Gasteiger partial charge in [0.1, 0.15) is 11.0 Å². The third-order valence-electron chi connectivity index (χ3n) is 7.45. The highest BCUT2D eigenvalue weighted by molar-refractivity contribution is 7.17. The van der Waals surface area contributed by atoms with Gasteiger partial charge in [-0.15, -0.1) is 22.7 Å². The standard InChI is InChI=1S/C27H22N2O5S2/c1-13-14(2)36-26(18(13)27(33)34-3)29-24(31)19-20(25(29)32)22(23(30)17-9-6-12-35-17)28-11-10-15-7-4-5-8-16(15)21(19)28/h4-12,19-22H,1-3H3/t19-,20+,21-,22-/m0/s1. The zero-order valence-electron chi connectivity index (χ0n) is 19.8. The lowest BCUT2D eigenvalue weighted by Crippen LogP contribution is -2.44. The summed E-state index contributed by atoms with van der Waals surface area (Å²) in [5.74, 6) is -3.25. The second kappa shape index (κ2) is 8.25. The van der Waals surface area contributed by atoms with Crippen molar-refractivity contribution in [1.29, 1.82) is 0 Å². The number of amides is 2. The van der Waals surface area contributed by atoms with E-state index in [1.165, 1.54) is 29.8 Å². The Hall–Kier alpha value is -3.56. The molecule has 5 heterocycles. The molecule has 9 heteroatoms. The first-order valence-electron chi connectivity index (χ1n) is 11.5. The molecule has 1 aromatic carbocycles. The highest BCUT2D eigenvalue weighted by atomic mass is 32.1. The molecular formula is C27H22N2O5S2. The van der Waals surface area contributed by atoms with Gasteiger partial charge in [-0.25, -0.2) is 9.69 Å². The van der Waals surface area contributed by atoms with Crippen LogP contribution in [-0.4, -0.2) is 41.6 Å². The lowest BCUT2D eigenvalue weighted by atomic mass is 9.84. The van der Waals surface area contributed by atoms with Crippen LogP contribution in [0.4, 0.5) is 5.00 Å². The van der Waals surface area contributed by atoms with Crippen molar-refractivity contribution >= 4 is 57.3 Å². The van der Waals surface area contributed by atoms with Gasteiger partial charge in [0.2, 0.25) is 11.8 Å². The van der Waals surface area contributed by atoms with Gasteiger partial charge in [0.25, 0.3) is 0 Å². The summed E-state index contributed by atoms with van der Waals surface area (Å²) < 4.78 is 4.98. The number of hydrogen-bond acceptors (Lipinski definition) is 8.